The molecule has 0 heterocycles. The predicted octanol–water partition coefficient (Wildman–Crippen LogP) is 2.89. The molecule has 116 valence electrons. The molecule has 6 heteroatoms. The van der Waals surface area contributed by atoms with E-state index in [1.54, 1.807) is 12.1 Å². The third kappa shape index (κ3) is 4.41. The Kier molecular flexibility index (Phi) is 5.52. The molecule has 21 heavy (non-hydrogen) atoms. The van der Waals surface area contributed by atoms with Crippen molar-refractivity contribution in [3.63, 3.8) is 0 Å². The van der Waals surface area contributed by atoms with Crippen molar-refractivity contribution in [2.75, 3.05) is 19.0 Å². The van der Waals surface area contributed by atoms with Crippen molar-refractivity contribution in [1.82, 2.24) is 4.90 Å². The molecule has 0 unspecified atom stereocenters. The van der Waals surface area contributed by atoms with Gasteiger partial charge >= 0.3 is 0 Å². The Hall–Kier alpha value is -1.66. The van der Waals surface area contributed by atoms with Crippen LogP contribution < -0.4 is 11.3 Å². The molecule has 1 aliphatic carbocycles. The zero-order valence-corrected chi connectivity index (χ0v) is 12.5. The molecule has 0 atom stereocenters. The Balaban J connectivity index is 2.02. The summed E-state index contributed by atoms with van der Waals surface area (Å²) < 4.78 is 0. The molecule has 0 spiro atoms. The van der Waals surface area contributed by atoms with Crippen molar-refractivity contribution in [2.45, 2.75) is 38.6 Å². The number of nitrogens with two attached hydrogens (primary N) is 1. The number of nitrogen functional groups attached to an aromatic ring is 1. The molecule has 1 aliphatic rings. The van der Waals surface area contributed by atoms with Crippen LogP contribution in [0.1, 0.15) is 37.7 Å². The number of nitro groups is 1. The van der Waals surface area contributed by atoms with E-state index in [0.717, 1.165) is 23.7 Å². The minimum atomic E-state index is -0.370. The molecule has 6 nitrogen and oxygen atoms in total. The summed E-state index contributed by atoms with van der Waals surface area (Å²) in [5.74, 6) is 6.25. The van der Waals surface area contributed by atoms with Crippen molar-refractivity contribution in [1.29, 1.82) is 0 Å². The van der Waals surface area contributed by atoms with Crippen molar-refractivity contribution in [2.24, 2.45) is 11.8 Å². The van der Waals surface area contributed by atoms with Gasteiger partial charge in [0.1, 0.15) is 0 Å². The molecule has 0 aromatic heterocycles. The van der Waals surface area contributed by atoms with E-state index in [0.29, 0.717) is 6.54 Å². The zero-order valence-electron chi connectivity index (χ0n) is 12.5. The molecule has 1 saturated carbocycles. The van der Waals surface area contributed by atoms with E-state index in [4.69, 9.17) is 5.84 Å². The van der Waals surface area contributed by atoms with Crippen LogP contribution in [-0.2, 0) is 6.54 Å². The lowest BCUT2D eigenvalue weighted by Gasteiger charge is -2.27. The van der Waals surface area contributed by atoms with Crippen LogP contribution in [-0.4, -0.2) is 23.4 Å². The number of nitrogens with zero attached hydrogens (tertiary/aromatic N) is 2. The number of nitro benzene ring substituents is 1. The number of hydrogen-bond donors (Lipinski definition) is 2. The predicted molar refractivity (Wildman–Crippen MR) is 83.8 cm³/mol. The lowest BCUT2D eigenvalue weighted by atomic mass is 9.89. The number of benzene rings is 1. The minimum Gasteiger partial charge on any atom is -0.324 e. The quantitative estimate of drug-likeness (QED) is 0.478. The molecule has 1 fully saturated rings. The summed E-state index contributed by atoms with van der Waals surface area (Å²) in [6, 6.07) is 4.74. The van der Waals surface area contributed by atoms with Crippen molar-refractivity contribution in [3.05, 3.63) is 33.9 Å². The van der Waals surface area contributed by atoms with Crippen LogP contribution in [0.15, 0.2) is 18.2 Å². The average Bonchev–Trinajstić information content (AvgIpc) is 2.48. The van der Waals surface area contributed by atoms with Crippen molar-refractivity contribution < 1.29 is 4.92 Å². The Morgan fingerprint density at radius 3 is 2.71 bits per heavy atom. The molecule has 0 aliphatic heterocycles. The maximum absolute atomic E-state index is 10.9. The first-order valence-electron chi connectivity index (χ1n) is 7.52. The second-order valence-electron chi connectivity index (χ2n) is 5.94. The van der Waals surface area contributed by atoms with Crippen LogP contribution in [0.4, 0.5) is 11.4 Å². The lowest BCUT2D eigenvalue weighted by Crippen LogP contribution is -2.27. The Morgan fingerprint density at radius 1 is 1.38 bits per heavy atom. The lowest BCUT2D eigenvalue weighted by molar-refractivity contribution is -0.384. The molecule has 1 aromatic carbocycles. The molecule has 1 aromatic rings. The zero-order chi connectivity index (χ0) is 15.2. The van der Waals surface area contributed by atoms with Gasteiger partial charge in [0.15, 0.2) is 0 Å². The summed E-state index contributed by atoms with van der Waals surface area (Å²) in [5, 5.41) is 10.9. The first-order chi connectivity index (χ1) is 10.1. The SMILES string of the molecule is CN(Cc1cc([N+](=O)[O-])ccc1NN)CC1CCCCC1. The second kappa shape index (κ2) is 7.38. The third-order valence-electron chi connectivity index (χ3n) is 4.19. The summed E-state index contributed by atoms with van der Waals surface area (Å²) in [7, 11) is 2.06. The van der Waals surface area contributed by atoms with E-state index in [9.17, 15) is 10.1 Å². The highest BCUT2D eigenvalue weighted by atomic mass is 16.6. The standard InChI is InChI=1S/C15H24N4O2/c1-18(10-12-5-3-2-4-6-12)11-13-9-14(19(20)21)7-8-15(13)17-16/h7-9,12,17H,2-6,10-11,16H2,1H3. The van der Waals surface area contributed by atoms with Crippen LogP contribution in [0.3, 0.4) is 0 Å². The molecule has 0 radical (unpaired) electrons. The summed E-state index contributed by atoms with van der Waals surface area (Å²) in [6.07, 6.45) is 6.59. The largest absolute Gasteiger partial charge is 0.324 e. The molecule has 0 amide bonds. The molecule has 0 bridgehead atoms. The fraction of sp³-hybridized carbons (Fsp3) is 0.600. The van der Waals surface area contributed by atoms with Gasteiger partial charge in [-0.3, -0.25) is 16.0 Å². The minimum absolute atomic E-state index is 0.107. The van der Waals surface area contributed by atoms with Gasteiger partial charge in [0.2, 0.25) is 0 Å². The highest BCUT2D eigenvalue weighted by Crippen LogP contribution is 2.26. The number of rotatable bonds is 6. The van der Waals surface area contributed by atoms with Gasteiger partial charge in [-0.1, -0.05) is 19.3 Å². The maximum Gasteiger partial charge on any atom is 0.269 e. The first kappa shape index (κ1) is 15.7. The summed E-state index contributed by atoms with van der Waals surface area (Å²) in [6.45, 7) is 1.70. The fourth-order valence-corrected chi connectivity index (χ4v) is 3.13. The second-order valence-corrected chi connectivity index (χ2v) is 5.94. The van der Waals surface area contributed by atoms with E-state index in [-0.39, 0.29) is 10.6 Å². The number of hydrogen-bond acceptors (Lipinski definition) is 5. The topological polar surface area (TPSA) is 84.4 Å². The van der Waals surface area contributed by atoms with Gasteiger partial charge in [0.25, 0.3) is 5.69 Å². The smallest absolute Gasteiger partial charge is 0.269 e. The van der Waals surface area contributed by atoms with E-state index < -0.39 is 0 Å². The van der Waals surface area contributed by atoms with Gasteiger partial charge in [-0.15, -0.1) is 0 Å². The van der Waals surface area contributed by atoms with Crippen molar-refractivity contribution in [3.8, 4) is 0 Å². The van der Waals surface area contributed by atoms with E-state index in [1.165, 1.54) is 38.2 Å². The molecule has 0 saturated heterocycles. The summed E-state index contributed by atoms with van der Waals surface area (Å²) in [5.41, 5.74) is 4.34. The van der Waals surface area contributed by atoms with Gasteiger partial charge in [0, 0.05) is 25.2 Å². The molecule has 2 rings (SSSR count). The number of non-ortho nitro benzene ring substituents is 1. The van der Waals surface area contributed by atoms with Gasteiger partial charge in [-0.25, -0.2) is 0 Å². The number of anilines is 1. The Morgan fingerprint density at radius 2 is 2.10 bits per heavy atom. The molecular formula is C15H24N4O2. The van der Waals surface area contributed by atoms with E-state index in [1.807, 2.05) is 0 Å². The number of nitrogens with one attached hydrogen (secondary N) is 1. The highest BCUT2D eigenvalue weighted by molar-refractivity contribution is 5.55. The first-order valence-corrected chi connectivity index (χ1v) is 7.52. The Bertz CT molecular complexity index is 487. The molecular weight excluding hydrogens is 268 g/mol. The number of hydrazine groups is 1. The summed E-state index contributed by atoms with van der Waals surface area (Å²) >= 11 is 0. The van der Waals surface area contributed by atoms with E-state index >= 15 is 0 Å². The highest BCUT2D eigenvalue weighted by Gasteiger charge is 2.17. The van der Waals surface area contributed by atoms with E-state index in [2.05, 4.69) is 17.4 Å². The monoisotopic (exact) mass is 292 g/mol. The third-order valence-corrected chi connectivity index (χ3v) is 4.19. The van der Waals surface area contributed by atoms with Crippen LogP contribution in [0.5, 0.6) is 0 Å². The van der Waals surface area contributed by atoms with Crippen LogP contribution >= 0.6 is 0 Å². The molecule has 3 N–H and O–H groups in total. The Labute approximate surface area is 125 Å². The van der Waals surface area contributed by atoms with Gasteiger partial charge < -0.3 is 10.3 Å². The fourth-order valence-electron chi connectivity index (χ4n) is 3.13. The van der Waals surface area contributed by atoms with Crippen LogP contribution in [0.25, 0.3) is 0 Å². The normalized spacial score (nSPS) is 16.1. The maximum atomic E-state index is 10.9. The van der Waals surface area contributed by atoms with Crippen molar-refractivity contribution >= 4 is 11.4 Å². The van der Waals surface area contributed by atoms with Crippen LogP contribution in [0, 0.1) is 16.0 Å². The van der Waals surface area contributed by atoms with Gasteiger partial charge in [0.05, 0.1) is 10.6 Å². The van der Waals surface area contributed by atoms with Gasteiger partial charge in [-0.2, -0.15) is 0 Å². The van der Waals surface area contributed by atoms with Gasteiger partial charge in [-0.05, 0) is 37.4 Å². The summed E-state index contributed by atoms with van der Waals surface area (Å²) in [4.78, 5) is 12.8. The average molecular weight is 292 g/mol. The van der Waals surface area contributed by atoms with Crippen LogP contribution in [0.2, 0.25) is 0 Å².